The Morgan fingerprint density at radius 1 is 0.926 bits per heavy atom. The quantitative estimate of drug-likeness (QED) is 0.701. The molecule has 0 bridgehead atoms. The van der Waals surface area contributed by atoms with Crippen LogP contribution in [0.15, 0.2) is 48.5 Å². The van der Waals surface area contributed by atoms with Crippen LogP contribution < -0.4 is 10.2 Å². The molecule has 0 saturated carbocycles. The van der Waals surface area contributed by atoms with Crippen LogP contribution >= 0.6 is 0 Å². The van der Waals surface area contributed by atoms with Crippen molar-refractivity contribution in [2.45, 2.75) is 13.0 Å². The lowest BCUT2D eigenvalue weighted by Crippen LogP contribution is -2.37. The molecular weight excluding hydrogens is 340 g/mol. The Hall–Kier alpha value is -2.70. The van der Waals surface area contributed by atoms with E-state index in [-0.39, 0.29) is 6.61 Å². The van der Waals surface area contributed by atoms with Crippen LogP contribution in [-0.4, -0.2) is 47.9 Å². The Morgan fingerprint density at radius 3 is 2.30 bits per heavy atom. The second-order valence-corrected chi connectivity index (χ2v) is 6.64. The minimum atomic E-state index is 0.0775. The lowest BCUT2D eigenvalue weighted by molar-refractivity contribution is 0.122. The van der Waals surface area contributed by atoms with Crippen molar-refractivity contribution in [3.05, 3.63) is 59.7 Å². The number of hydrogen-bond acceptors (Lipinski definition) is 6. The summed E-state index contributed by atoms with van der Waals surface area (Å²) in [5.74, 6) is 1.72. The summed E-state index contributed by atoms with van der Waals surface area (Å²) < 4.78 is 5.48. The zero-order valence-electron chi connectivity index (χ0n) is 15.3. The van der Waals surface area contributed by atoms with Gasteiger partial charge in [-0.25, -0.2) is 9.97 Å². The van der Waals surface area contributed by atoms with E-state index in [1.165, 1.54) is 5.56 Å². The summed E-state index contributed by atoms with van der Waals surface area (Å²) in [5, 5.41) is 12.6. The number of rotatable bonds is 6. The highest BCUT2D eigenvalue weighted by Gasteiger charge is 2.18. The summed E-state index contributed by atoms with van der Waals surface area (Å²) >= 11 is 0. The number of nitrogens with one attached hydrogen (secondary N) is 1. The summed E-state index contributed by atoms with van der Waals surface area (Å²) in [4.78, 5) is 11.9. The molecule has 4 rings (SSSR count). The number of aliphatic hydroxyl groups is 1. The molecule has 0 atom stereocenters. The third kappa shape index (κ3) is 4.18. The Balaban J connectivity index is 1.53. The van der Waals surface area contributed by atoms with Gasteiger partial charge in [0.2, 0.25) is 0 Å². The molecule has 0 aliphatic carbocycles. The van der Waals surface area contributed by atoms with Gasteiger partial charge < -0.3 is 20.1 Å². The van der Waals surface area contributed by atoms with Crippen LogP contribution in [0.2, 0.25) is 0 Å². The number of aliphatic hydroxyl groups excluding tert-OH is 1. The van der Waals surface area contributed by atoms with Gasteiger partial charge in [0.1, 0.15) is 0 Å². The van der Waals surface area contributed by atoms with Gasteiger partial charge in [0, 0.05) is 19.6 Å². The zero-order valence-corrected chi connectivity index (χ0v) is 15.3. The third-order valence-corrected chi connectivity index (χ3v) is 4.77. The standard InChI is InChI=1S/C21H24N4O2/c26-15-17-7-5-16(6-8-17)9-10-22-20-21(25-11-13-27-14-12-25)24-19-4-2-1-3-18(19)23-20/h1-8,26H,9-15H2,(H,22,23). The summed E-state index contributed by atoms with van der Waals surface area (Å²) in [6.07, 6.45) is 0.878. The number of nitrogens with zero attached hydrogens (tertiary/aromatic N) is 3. The minimum Gasteiger partial charge on any atom is -0.392 e. The maximum absolute atomic E-state index is 9.15. The second-order valence-electron chi connectivity index (χ2n) is 6.64. The van der Waals surface area contributed by atoms with Crippen molar-refractivity contribution in [1.29, 1.82) is 0 Å². The van der Waals surface area contributed by atoms with Crippen molar-refractivity contribution < 1.29 is 9.84 Å². The largest absolute Gasteiger partial charge is 0.392 e. The van der Waals surface area contributed by atoms with E-state index < -0.39 is 0 Å². The lowest BCUT2D eigenvalue weighted by atomic mass is 10.1. The average molecular weight is 364 g/mol. The number of morpholine rings is 1. The van der Waals surface area contributed by atoms with E-state index in [1.807, 2.05) is 36.4 Å². The lowest BCUT2D eigenvalue weighted by Gasteiger charge is -2.29. The highest BCUT2D eigenvalue weighted by molar-refractivity contribution is 5.80. The van der Waals surface area contributed by atoms with Crippen molar-refractivity contribution in [2.24, 2.45) is 0 Å². The van der Waals surface area contributed by atoms with Crippen molar-refractivity contribution in [2.75, 3.05) is 43.1 Å². The van der Waals surface area contributed by atoms with Gasteiger partial charge in [-0.05, 0) is 29.7 Å². The Bertz CT molecular complexity index is 892. The summed E-state index contributed by atoms with van der Waals surface area (Å²) in [5.41, 5.74) is 3.96. The molecule has 1 aromatic heterocycles. The number of aromatic nitrogens is 2. The minimum absolute atomic E-state index is 0.0775. The summed E-state index contributed by atoms with van der Waals surface area (Å²) in [6, 6.07) is 16.0. The molecule has 140 valence electrons. The van der Waals surface area contributed by atoms with Gasteiger partial charge in [-0.1, -0.05) is 36.4 Å². The third-order valence-electron chi connectivity index (χ3n) is 4.77. The molecule has 1 saturated heterocycles. The van der Waals surface area contributed by atoms with Gasteiger partial charge in [-0.2, -0.15) is 0 Å². The van der Waals surface area contributed by atoms with Gasteiger partial charge in [0.15, 0.2) is 11.6 Å². The van der Waals surface area contributed by atoms with Crippen LogP contribution in [0.4, 0.5) is 11.6 Å². The Morgan fingerprint density at radius 2 is 1.59 bits per heavy atom. The number of para-hydroxylation sites is 2. The molecule has 6 nitrogen and oxygen atoms in total. The molecule has 0 radical (unpaired) electrons. The van der Waals surface area contributed by atoms with Crippen LogP contribution in [0.3, 0.4) is 0 Å². The molecule has 0 amide bonds. The first-order valence-electron chi connectivity index (χ1n) is 9.35. The highest BCUT2D eigenvalue weighted by Crippen LogP contribution is 2.25. The van der Waals surface area contributed by atoms with Crippen molar-refractivity contribution in [3.8, 4) is 0 Å². The molecule has 1 aliphatic rings. The van der Waals surface area contributed by atoms with E-state index in [0.29, 0.717) is 13.2 Å². The first-order valence-corrected chi connectivity index (χ1v) is 9.35. The van der Waals surface area contributed by atoms with Crippen LogP contribution in [0.25, 0.3) is 11.0 Å². The number of anilines is 2. The van der Waals surface area contributed by atoms with Gasteiger partial charge in [-0.15, -0.1) is 0 Å². The Labute approximate surface area is 158 Å². The molecule has 2 N–H and O–H groups in total. The maximum atomic E-state index is 9.15. The number of ether oxygens (including phenoxy) is 1. The topological polar surface area (TPSA) is 70.5 Å². The first-order chi connectivity index (χ1) is 13.3. The van der Waals surface area contributed by atoms with E-state index in [2.05, 4.69) is 22.3 Å². The van der Waals surface area contributed by atoms with E-state index in [9.17, 15) is 0 Å². The molecule has 0 spiro atoms. The smallest absolute Gasteiger partial charge is 0.172 e. The van der Waals surface area contributed by atoms with E-state index >= 15 is 0 Å². The molecule has 27 heavy (non-hydrogen) atoms. The summed E-state index contributed by atoms with van der Waals surface area (Å²) in [7, 11) is 0. The number of benzene rings is 2. The van der Waals surface area contributed by atoms with Crippen LogP contribution in [0.5, 0.6) is 0 Å². The molecular formula is C21H24N4O2. The van der Waals surface area contributed by atoms with Crippen LogP contribution in [-0.2, 0) is 17.8 Å². The molecule has 1 aliphatic heterocycles. The number of fused-ring (bicyclic) bond motifs is 1. The molecule has 2 heterocycles. The van der Waals surface area contributed by atoms with Crippen molar-refractivity contribution in [1.82, 2.24) is 9.97 Å². The van der Waals surface area contributed by atoms with Crippen molar-refractivity contribution >= 4 is 22.7 Å². The predicted octanol–water partition coefficient (Wildman–Crippen LogP) is 2.61. The monoisotopic (exact) mass is 364 g/mol. The Kier molecular flexibility index (Phi) is 5.46. The van der Waals surface area contributed by atoms with Crippen LogP contribution in [0, 0.1) is 0 Å². The molecule has 0 unspecified atom stereocenters. The molecule has 6 heteroatoms. The van der Waals surface area contributed by atoms with Gasteiger partial charge in [0.05, 0.1) is 30.9 Å². The van der Waals surface area contributed by atoms with Gasteiger partial charge >= 0.3 is 0 Å². The van der Waals surface area contributed by atoms with E-state index in [1.54, 1.807) is 0 Å². The fourth-order valence-electron chi connectivity index (χ4n) is 3.24. The molecule has 1 fully saturated rings. The van der Waals surface area contributed by atoms with Crippen molar-refractivity contribution in [3.63, 3.8) is 0 Å². The summed E-state index contributed by atoms with van der Waals surface area (Å²) in [6.45, 7) is 3.92. The SMILES string of the molecule is OCc1ccc(CCNc2nc3ccccc3nc2N2CCOCC2)cc1. The maximum Gasteiger partial charge on any atom is 0.172 e. The van der Waals surface area contributed by atoms with Gasteiger partial charge in [0.25, 0.3) is 0 Å². The number of hydrogen-bond donors (Lipinski definition) is 2. The highest BCUT2D eigenvalue weighted by atomic mass is 16.5. The second kappa shape index (κ2) is 8.33. The van der Waals surface area contributed by atoms with E-state index in [0.717, 1.165) is 54.3 Å². The van der Waals surface area contributed by atoms with E-state index in [4.69, 9.17) is 19.8 Å². The predicted molar refractivity (Wildman–Crippen MR) is 107 cm³/mol. The first kappa shape index (κ1) is 17.7. The molecule has 3 aromatic rings. The zero-order chi connectivity index (χ0) is 18.5. The fourth-order valence-corrected chi connectivity index (χ4v) is 3.24. The van der Waals surface area contributed by atoms with Gasteiger partial charge in [-0.3, -0.25) is 0 Å². The van der Waals surface area contributed by atoms with Crippen LogP contribution in [0.1, 0.15) is 11.1 Å². The normalized spacial score (nSPS) is 14.5. The average Bonchev–Trinajstić information content (AvgIpc) is 2.74. The fraction of sp³-hybridized carbons (Fsp3) is 0.333. The molecule has 2 aromatic carbocycles.